The van der Waals surface area contributed by atoms with E-state index < -0.39 is 11.2 Å². The lowest BCUT2D eigenvalue weighted by molar-refractivity contribution is -0.120. The molecule has 3 N–H and O–H groups in total. The Kier molecular flexibility index (Phi) is 8.49. The molecule has 8 heteroatoms. The van der Waals surface area contributed by atoms with E-state index in [0.717, 1.165) is 44.1 Å². The number of nitrogens with zero attached hydrogens (tertiary/aromatic N) is 3. The first-order valence-electron chi connectivity index (χ1n) is 12.1. The van der Waals surface area contributed by atoms with E-state index in [1.807, 2.05) is 37.3 Å². The van der Waals surface area contributed by atoms with Crippen LogP contribution in [0.2, 0.25) is 0 Å². The van der Waals surface area contributed by atoms with Crippen molar-refractivity contribution in [3.8, 4) is 0 Å². The molecule has 1 heterocycles. The fourth-order valence-corrected chi connectivity index (χ4v) is 4.51. The fourth-order valence-electron chi connectivity index (χ4n) is 4.51. The van der Waals surface area contributed by atoms with Crippen LogP contribution in [0.4, 0.5) is 11.5 Å². The molecule has 8 nitrogen and oxygen atoms in total. The molecule has 1 aliphatic rings. The lowest BCUT2D eigenvalue weighted by Crippen LogP contribution is -2.50. The van der Waals surface area contributed by atoms with Crippen molar-refractivity contribution in [3.05, 3.63) is 56.7 Å². The van der Waals surface area contributed by atoms with Gasteiger partial charge in [-0.15, -0.1) is 0 Å². The molecule has 1 aromatic heterocycles. The maximum atomic E-state index is 13.7. The lowest BCUT2D eigenvalue weighted by Gasteiger charge is -2.33. The van der Waals surface area contributed by atoms with E-state index in [1.165, 1.54) is 4.57 Å². The summed E-state index contributed by atoms with van der Waals surface area (Å²) in [5.74, 6) is -0.0824. The second-order valence-electron chi connectivity index (χ2n) is 9.18. The van der Waals surface area contributed by atoms with Crippen LogP contribution in [0.3, 0.4) is 0 Å². The minimum atomic E-state index is -0.593. The van der Waals surface area contributed by atoms with Crippen molar-refractivity contribution in [2.24, 2.45) is 0 Å². The normalized spacial score (nSPS) is 14.3. The predicted octanol–water partition coefficient (Wildman–Crippen LogP) is 3.11. The first kappa shape index (κ1) is 24.8. The molecule has 1 aliphatic carbocycles. The summed E-state index contributed by atoms with van der Waals surface area (Å²) in [6.07, 6.45) is 5.27. The molecule has 1 aromatic carbocycles. The molecule has 180 valence electrons. The van der Waals surface area contributed by atoms with Gasteiger partial charge in [0.2, 0.25) is 5.91 Å². The van der Waals surface area contributed by atoms with Crippen molar-refractivity contribution in [2.75, 3.05) is 17.2 Å². The van der Waals surface area contributed by atoms with E-state index in [4.69, 9.17) is 5.73 Å². The molecule has 0 spiro atoms. The van der Waals surface area contributed by atoms with Gasteiger partial charge in [-0.2, -0.15) is 0 Å². The van der Waals surface area contributed by atoms with Crippen molar-refractivity contribution in [1.82, 2.24) is 14.5 Å². The third-order valence-electron chi connectivity index (χ3n) is 6.45. The Hall–Kier alpha value is -2.87. The van der Waals surface area contributed by atoms with E-state index in [0.29, 0.717) is 13.1 Å². The van der Waals surface area contributed by atoms with Crippen molar-refractivity contribution >= 4 is 17.4 Å². The zero-order valence-corrected chi connectivity index (χ0v) is 20.0. The highest BCUT2D eigenvalue weighted by Crippen LogP contribution is 2.29. The van der Waals surface area contributed by atoms with Crippen molar-refractivity contribution < 1.29 is 4.79 Å². The van der Waals surface area contributed by atoms with Gasteiger partial charge in [0.25, 0.3) is 5.56 Å². The highest BCUT2D eigenvalue weighted by molar-refractivity contribution is 5.97. The van der Waals surface area contributed by atoms with Gasteiger partial charge in [0.15, 0.2) is 5.69 Å². The summed E-state index contributed by atoms with van der Waals surface area (Å²) in [4.78, 5) is 45.2. The van der Waals surface area contributed by atoms with Gasteiger partial charge in [0.1, 0.15) is 5.82 Å². The van der Waals surface area contributed by atoms with Gasteiger partial charge in [-0.3, -0.25) is 24.0 Å². The first-order chi connectivity index (χ1) is 15.8. The Bertz CT molecular complexity index is 1040. The second-order valence-corrected chi connectivity index (χ2v) is 9.18. The van der Waals surface area contributed by atoms with Gasteiger partial charge in [-0.05, 0) is 38.7 Å². The van der Waals surface area contributed by atoms with E-state index >= 15 is 0 Å². The minimum Gasteiger partial charge on any atom is -0.383 e. The number of anilines is 2. The van der Waals surface area contributed by atoms with Crippen molar-refractivity contribution in [2.45, 2.75) is 84.5 Å². The highest BCUT2D eigenvalue weighted by Gasteiger charge is 2.33. The number of aromatic amines is 1. The standard InChI is InChI=1S/C25H37N5O3/c1-4-5-15-29-23(26)22(24(32)27-25(29)33)30(20-13-9-10-14-20)21(31)17-28(18(2)3)16-19-11-7-6-8-12-19/h6-8,11-12,18,20H,4-5,9-10,13-17,26H2,1-3H3,(H,27,32,33). The smallest absolute Gasteiger partial charge is 0.330 e. The van der Waals surface area contributed by atoms with Crippen LogP contribution in [0.1, 0.15) is 64.9 Å². The molecule has 0 aliphatic heterocycles. The minimum absolute atomic E-state index is 0.0802. The number of nitrogens with one attached hydrogen (secondary N) is 1. The van der Waals surface area contributed by atoms with Crippen LogP contribution in [0.5, 0.6) is 0 Å². The SMILES string of the molecule is CCCCn1c(N)c(N(C(=O)CN(Cc2ccccc2)C(C)C)C2CCCC2)c(=O)[nH]c1=O. The summed E-state index contributed by atoms with van der Waals surface area (Å²) in [7, 11) is 0. The third-order valence-corrected chi connectivity index (χ3v) is 6.45. The molecule has 0 unspecified atom stereocenters. The number of hydrogen-bond acceptors (Lipinski definition) is 5. The molecule has 0 bridgehead atoms. The molecular formula is C25H37N5O3. The topological polar surface area (TPSA) is 104 Å². The summed E-state index contributed by atoms with van der Waals surface area (Å²) < 4.78 is 1.39. The Balaban J connectivity index is 1.97. The monoisotopic (exact) mass is 455 g/mol. The van der Waals surface area contributed by atoms with Gasteiger partial charge in [0, 0.05) is 25.2 Å². The van der Waals surface area contributed by atoms with Crippen molar-refractivity contribution in [3.63, 3.8) is 0 Å². The summed E-state index contributed by atoms with van der Waals surface area (Å²) in [6.45, 7) is 7.34. The number of carbonyl (C=O) groups excluding carboxylic acids is 1. The quantitative estimate of drug-likeness (QED) is 0.573. The van der Waals surface area contributed by atoms with Crippen LogP contribution in [0, 0.1) is 0 Å². The van der Waals surface area contributed by atoms with Crippen LogP contribution >= 0.6 is 0 Å². The number of benzene rings is 1. The molecule has 0 radical (unpaired) electrons. The van der Waals surface area contributed by atoms with Gasteiger partial charge in [0.05, 0.1) is 6.54 Å². The maximum absolute atomic E-state index is 13.7. The third kappa shape index (κ3) is 5.93. The molecule has 2 aromatic rings. The van der Waals surface area contributed by atoms with Gasteiger partial charge >= 0.3 is 5.69 Å². The maximum Gasteiger partial charge on any atom is 0.330 e. The number of aromatic nitrogens is 2. The largest absolute Gasteiger partial charge is 0.383 e. The number of amides is 1. The van der Waals surface area contributed by atoms with E-state index in [-0.39, 0.29) is 36.0 Å². The van der Waals surface area contributed by atoms with Crippen LogP contribution in [-0.4, -0.2) is 39.0 Å². The summed E-state index contributed by atoms with van der Waals surface area (Å²) in [6, 6.07) is 10.1. The Morgan fingerprint density at radius 3 is 2.45 bits per heavy atom. The molecule has 0 saturated heterocycles. The summed E-state index contributed by atoms with van der Waals surface area (Å²) >= 11 is 0. The average molecular weight is 456 g/mol. The van der Waals surface area contributed by atoms with Crippen LogP contribution in [0.25, 0.3) is 0 Å². The molecule has 0 atom stereocenters. The Morgan fingerprint density at radius 1 is 1.18 bits per heavy atom. The Morgan fingerprint density at radius 2 is 1.85 bits per heavy atom. The number of nitrogens with two attached hydrogens (primary N) is 1. The van der Waals surface area contributed by atoms with Gasteiger partial charge in [-0.1, -0.05) is 56.5 Å². The summed E-state index contributed by atoms with van der Waals surface area (Å²) in [5.41, 5.74) is 6.50. The number of nitrogen functional groups attached to an aromatic ring is 1. The average Bonchev–Trinajstić information content (AvgIpc) is 3.30. The number of unbranched alkanes of at least 4 members (excludes halogenated alkanes) is 1. The number of rotatable bonds is 10. The number of carbonyl (C=O) groups is 1. The Labute approximate surface area is 195 Å². The predicted molar refractivity (Wildman–Crippen MR) is 132 cm³/mol. The zero-order chi connectivity index (χ0) is 24.0. The fraction of sp³-hybridized carbons (Fsp3) is 0.560. The molecule has 33 heavy (non-hydrogen) atoms. The lowest BCUT2D eigenvalue weighted by atomic mass is 10.1. The van der Waals surface area contributed by atoms with Crippen LogP contribution < -0.4 is 21.9 Å². The van der Waals surface area contributed by atoms with E-state index in [1.54, 1.807) is 4.90 Å². The molecule has 3 rings (SSSR count). The van der Waals surface area contributed by atoms with Crippen LogP contribution in [0.15, 0.2) is 39.9 Å². The first-order valence-corrected chi connectivity index (χ1v) is 12.1. The van der Waals surface area contributed by atoms with E-state index in [2.05, 4.69) is 23.7 Å². The molecule has 1 fully saturated rings. The molecular weight excluding hydrogens is 418 g/mol. The van der Waals surface area contributed by atoms with Gasteiger partial charge < -0.3 is 10.6 Å². The zero-order valence-electron chi connectivity index (χ0n) is 20.0. The number of hydrogen-bond donors (Lipinski definition) is 2. The highest BCUT2D eigenvalue weighted by atomic mass is 16.2. The van der Waals surface area contributed by atoms with Crippen LogP contribution in [-0.2, 0) is 17.9 Å². The van der Waals surface area contributed by atoms with Crippen molar-refractivity contribution in [1.29, 1.82) is 0 Å². The summed E-state index contributed by atoms with van der Waals surface area (Å²) in [5, 5.41) is 0. The van der Waals surface area contributed by atoms with E-state index in [9.17, 15) is 14.4 Å². The second kappa shape index (κ2) is 11.3. The van der Waals surface area contributed by atoms with Gasteiger partial charge in [-0.25, -0.2) is 4.79 Å². The number of H-pyrrole nitrogens is 1. The molecule has 1 saturated carbocycles. The molecule has 1 amide bonds.